The quantitative estimate of drug-likeness (QED) is 0.697. The maximum Gasteiger partial charge on any atom is 0.121 e. The summed E-state index contributed by atoms with van der Waals surface area (Å²) in [5.41, 5.74) is 0. The standard InChI is InChI=1S/C6H9Cl3O/c7-5(6(8)9)3-1-2-4-10/h10H,1-4H2. The zero-order chi connectivity index (χ0) is 7.98. The van der Waals surface area contributed by atoms with Crippen molar-refractivity contribution in [3.05, 3.63) is 9.52 Å². The van der Waals surface area contributed by atoms with Crippen molar-refractivity contribution >= 4 is 34.8 Å². The second kappa shape index (κ2) is 6.29. The zero-order valence-corrected chi connectivity index (χ0v) is 7.68. The van der Waals surface area contributed by atoms with Gasteiger partial charge in [-0.15, -0.1) is 0 Å². The van der Waals surface area contributed by atoms with Crippen LogP contribution in [0.3, 0.4) is 0 Å². The molecule has 0 aliphatic rings. The van der Waals surface area contributed by atoms with Crippen LogP contribution in [0.25, 0.3) is 0 Å². The molecule has 0 aliphatic carbocycles. The lowest BCUT2D eigenvalue weighted by atomic mass is 10.2. The van der Waals surface area contributed by atoms with Crippen LogP contribution in [0.15, 0.2) is 9.52 Å². The fraction of sp³-hybridized carbons (Fsp3) is 0.667. The van der Waals surface area contributed by atoms with Gasteiger partial charge in [0.25, 0.3) is 0 Å². The Balaban J connectivity index is 3.40. The first kappa shape index (κ1) is 10.6. The molecule has 0 heterocycles. The highest BCUT2D eigenvalue weighted by Gasteiger charge is 1.97. The average molecular weight is 203 g/mol. The summed E-state index contributed by atoms with van der Waals surface area (Å²) >= 11 is 16.3. The van der Waals surface area contributed by atoms with E-state index < -0.39 is 0 Å². The highest BCUT2D eigenvalue weighted by atomic mass is 35.5. The van der Waals surface area contributed by atoms with E-state index in [0.29, 0.717) is 11.5 Å². The van der Waals surface area contributed by atoms with Gasteiger partial charge in [0.1, 0.15) is 4.49 Å². The Morgan fingerprint density at radius 3 is 2.10 bits per heavy atom. The van der Waals surface area contributed by atoms with Crippen LogP contribution in [0.1, 0.15) is 19.3 Å². The van der Waals surface area contributed by atoms with E-state index in [0.717, 1.165) is 12.8 Å². The molecule has 1 nitrogen and oxygen atoms in total. The van der Waals surface area contributed by atoms with Gasteiger partial charge in [-0.3, -0.25) is 0 Å². The smallest absolute Gasteiger partial charge is 0.121 e. The molecule has 0 bridgehead atoms. The number of rotatable bonds is 4. The molecule has 1 N–H and O–H groups in total. The molecule has 0 radical (unpaired) electrons. The largest absolute Gasteiger partial charge is 0.396 e. The van der Waals surface area contributed by atoms with Gasteiger partial charge in [-0.05, 0) is 19.3 Å². The fourth-order valence-corrected chi connectivity index (χ4v) is 0.809. The van der Waals surface area contributed by atoms with Crippen LogP contribution in [0.2, 0.25) is 0 Å². The van der Waals surface area contributed by atoms with E-state index in [2.05, 4.69) is 0 Å². The molecule has 0 aliphatic heterocycles. The SMILES string of the molecule is OCCCCC(Cl)=C(Cl)Cl. The van der Waals surface area contributed by atoms with Crippen molar-refractivity contribution in [2.24, 2.45) is 0 Å². The lowest BCUT2D eigenvalue weighted by Gasteiger charge is -1.96. The number of hydrogen-bond acceptors (Lipinski definition) is 1. The molecule has 0 unspecified atom stereocenters. The maximum atomic E-state index is 8.39. The van der Waals surface area contributed by atoms with E-state index in [1.54, 1.807) is 0 Å². The van der Waals surface area contributed by atoms with Gasteiger partial charge in [0.05, 0.1) is 0 Å². The summed E-state index contributed by atoms with van der Waals surface area (Å²) in [5, 5.41) is 8.86. The van der Waals surface area contributed by atoms with Gasteiger partial charge in [-0.25, -0.2) is 0 Å². The Morgan fingerprint density at radius 1 is 1.10 bits per heavy atom. The number of aliphatic hydroxyl groups excluding tert-OH is 1. The summed E-state index contributed by atoms with van der Waals surface area (Å²) < 4.78 is 0.125. The topological polar surface area (TPSA) is 20.2 Å². The van der Waals surface area contributed by atoms with Crippen molar-refractivity contribution in [3.8, 4) is 0 Å². The monoisotopic (exact) mass is 202 g/mol. The predicted octanol–water partition coefficient (Wildman–Crippen LogP) is 3.03. The molecule has 4 heteroatoms. The third-order valence-corrected chi connectivity index (χ3v) is 2.04. The van der Waals surface area contributed by atoms with E-state index >= 15 is 0 Å². The van der Waals surface area contributed by atoms with Crippen molar-refractivity contribution in [1.29, 1.82) is 0 Å². The van der Waals surface area contributed by atoms with E-state index in [4.69, 9.17) is 39.9 Å². The van der Waals surface area contributed by atoms with Gasteiger partial charge in [0.2, 0.25) is 0 Å². The summed E-state index contributed by atoms with van der Waals surface area (Å²) in [6.45, 7) is 0.185. The van der Waals surface area contributed by atoms with Crippen LogP contribution in [0, 0.1) is 0 Å². The first-order valence-corrected chi connectivity index (χ1v) is 4.12. The normalized spacial score (nSPS) is 9.60. The number of unbranched alkanes of at least 4 members (excludes halogenated alkanes) is 1. The summed E-state index contributed by atoms with van der Waals surface area (Å²) in [6.07, 6.45) is 2.19. The molecule has 0 amide bonds. The van der Waals surface area contributed by atoms with E-state index in [-0.39, 0.29) is 11.1 Å². The summed E-state index contributed by atoms with van der Waals surface area (Å²) in [6, 6.07) is 0. The number of hydrogen-bond donors (Lipinski definition) is 1. The van der Waals surface area contributed by atoms with Gasteiger partial charge in [0.15, 0.2) is 0 Å². The van der Waals surface area contributed by atoms with Crippen LogP contribution in [-0.2, 0) is 0 Å². The summed E-state index contributed by atoms with van der Waals surface area (Å²) in [7, 11) is 0. The van der Waals surface area contributed by atoms with E-state index in [1.807, 2.05) is 0 Å². The minimum atomic E-state index is 0.125. The van der Waals surface area contributed by atoms with Crippen molar-refractivity contribution in [2.75, 3.05) is 6.61 Å². The van der Waals surface area contributed by atoms with E-state index in [9.17, 15) is 0 Å². The number of allylic oxidation sites excluding steroid dienone is 1. The van der Waals surface area contributed by atoms with Gasteiger partial charge >= 0.3 is 0 Å². The molecule has 0 aromatic rings. The Labute approximate surface area is 75.6 Å². The van der Waals surface area contributed by atoms with Gasteiger partial charge in [-0.1, -0.05) is 34.8 Å². The molecule has 0 rings (SSSR count). The Morgan fingerprint density at radius 2 is 1.70 bits per heavy atom. The summed E-state index contributed by atoms with van der Waals surface area (Å²) in [4.78, 5) is 0. The van der Waals surface area contributed by atoms with Gasteiger partial charge in [0, 0.05) is 11.6 Å². The zero-order valence-electron chi connectivity index (χ0n) is 5.41. The Kier molecular flexibility index (Phi) is 6.65. The molecule has 0 aromatic heterocycles. The third kappa shape index (κ3) is 5.36. The molecule has 0 spiro atoms. The average Bonchev–Trinajstić information content (AvgIpc) is 1.88. The van der Waals surface area contributed by atoms with Crippen LogP contribution in [0.4, 0.5) is 0 Å². The summed E-state index contributed by atoms with van der Waals surface area (Å²) in [5.74, 6) is 0. The van der Waals surface area contributed by atoms with Crippen LogP contribution in [0.5, 0.6) is 0 Å². The van der Waals surface area contributed by atoms with Crippen molar-refractivity contribution in [2.45, 2.75) is 19.3 Å². The van der Waals surface area contributed by atoms with Crippen molar-refractivity contribution in [3.63, 3.8) is 0 Å². The lowest BCUT2D eigenvalue weighted by Crippen LogP contribution is -1.82. The van der Waals surface area contributed by atoms with Gasteiger partial charge in [-0.2, -0.15) is 0 Å². The Hall–Kier alpha value is 0.570. The number of halogens is 3. The minimum Gasteiger partial charge on any atom is -0.396 e. The lowest BCUT2D eigenvalue weighted by molar-refractivity contribution is 0.285. The van der Waals surface area contributed by atoms with Crippen LogP contribution >= 0.6 is 34.8 Å². The predicted molar refractivity (Wildman–Crippen MR) is 45.5 cm³/mol. The molecule has 60 valence electrons. The third-order valence-electron chi connectivity index (χ3n) is 1.01. The second-order valence-electron chi connectivity index (χ2n) is 1.85. The molecule has 0 saturated carbocycles. The molecular weight excluding hydrogens is 194 g/mol. The first-order valence-electron chi connectivity index (χ1n) is 2.99. The second-order valence-corrected chi connectivity index (χ2v) is 3.25. The maximum absolute atomic E-state index is 8.39. The van der Waals surface area contributed by atoms with Crippen molar-refractivity contribution < 1.29 is 5.11 Å². The highest BCUT2D eigenvalue weighted by Crippen LogP contribution is 2.22. The first-order chi connectivity index (χ1) is 4.68. The van der Waals surface area contributed by atoms with Gasteiger partial charge < -0.3 is 5.11 Å². The van der Waals surface area contributed by atoms with Crippen LogP contribution < -0.4 is 0 Å². The molecule has 10 heavy (non-hydrogen) atoms. The molecular formula is C6H9Cl3O. The van der Waals surface area contributed by atoms with Crippen LogP contribution in [-0.4, -0.2) is 11.7 Å². The fourth-order valence-electron chi connectivity index (χ4n) is 0.486. The van der Waals surface area contributed by atoms with Crippen molar-refractivity contribution in [1.82, 2.24) is 0 Å². The Bertz CT molecular complexity index is 118. The number of aliphatic hydroxyl groups is 1. The minimum absolute atomic E-state index is 0.125. The molecule has 0 saturated heterocycles. The van der Waals surface area contributed by atoms with E-state index in [1.165, 1.54) is 0 Å². The molecule has 0 aromatic carbocycles. The molecule has 0 fully saturated rings. The molecule has 0 atom stereocenters. The highest BCUT2D eigenvalue weighted by molar-refractivity contribution is 6.59.